The largest absolute Gasteiger partial charge is 0.378 e. The van der Waals surface area contributed by atoms with Crippen molar-refractivity contribution in [1.82, 2.24) is 29.9 Å². The Morgan fingerprint density at radius 3 is 2.40 bits per heavy atom. The average molecular weight is 898 g/mol. The maximum absolute atomic E-state index is 15.6. The van der Waals surface area contributed by atoms with Crippen LogP contribution in [0, 0.1) is 29.4 Å². The van der Waals surface area contributed by atoms with Crippen molar-refractivity contribution in [2.24, 2.45) is 13.0 Å². The van der Waals surface area contributed by atoms with E-state index in [0.29, 0.717) is 50.2 Å². The van der Waals surface area contributed by atoms with E-state index in [1.807, 2.05) is 6.92 Å². The van der Waals surface area contributed by atoms with E-state index in [9.17, 15) is 27.5 Å². The van der Waals surface area contributed by atoms with Crippen molar-refractivity contribution in [3.05, 3.63) is 93.0 Å². The number of carbonyl (C=O) groups is 1. The van der Waals surface area contributed by atoms with Crippen molar-refractivity contribution in [3.8, 4) is 23.0 Å². The number of nitrogens with zero attached hydrogens (tertiary/aromatic N) is 5. The number of hydrogen-bond donors (Lipinski definition) is 3. The monoisotopic (exact) mass is 897 g/mol. The molecule has 0 bridgehead atoms. The Bertz CT molecular complexity index is 2340. The Morgan fingerprint density at radius 1 is 1.09 bits per heavy atom. The predicted molar refractivity (Wildman–Crippen MR) is 204 cm³/mol. The summed E-state index contributed by atoms with van der Waals surface area (Å²) in [5.41, 5.74) is -1.40. The molecule has 3 aromatic heterocycles. The minimum Gasteiger partial charge on any atom is -0.378 e. The van der Waals surface area contributed by atoms with Crippen LogP contribution in [-0.4, -0.2) is 47.7 Å². The molecule has 55 heavy (non-hydrogen) atoms. The maximum Gasteiger partial charge on any atom is 0.293 e. The number of aryl methyl sites for hydroxylation is 1. The first-order valence-corrected chi connectivity index (χ1v) is 18.7. The van der Waals surface area contributed by atoms with Crippen LogP contribution in [0.4, 0.5) is 32.2 Å². The quantitative estimate of drug-likeness (QED) is 0.0562. The Kier molecular flexibility index (Phi) is 11.2. The van der Waals surface area contributed by atoms with E-state index in [2.05, 4.69) is 32.7 Å². The number of halogens is 8. The highest BCUT2D eigenvalue weighted by Crippen LogP contribution is 2.57. The molecule has 0 radical (unpaired) electrons. The van der Waals surface area contributed by atoms with Gasteiger partial charge in [0, 0.05) is 46.2 Å². The van der Waals surface area contributed by atoms with Crippen molar-refractivity contribution < 1.29 is 36.2 Å². The van der Waals surface area contributed by atoms with Crippen molar-refractivity contribution >= 4 is 56.8 Å². The number of benzene rings is 2. The van der Waals surface area contributed by atoms with E-state index < -0.39 is 69.3 Å². The number of pyridine rings is 1. The Hall–Kier alpha value is -4.34. The number of fused-ring (bicyclic) bond motifs is 2. The van der Waals surface area contributed by atoms with Crippen LogP contribution >= 0.6 is 34.2 Å². The number of hydrogen-bond acceptors (Lipinski definition) is 6. The lowest BCUT2D eigenvalue weighted by Crippen LogP contribution is -2.35. The van der Waals surface area contributed by atoms with Gasteiger partial charge in [-0.3, -0.25) is 14.2 Å². The molecule has 0 saturated heterocycles. The summed E-state index contributed by atoms with van der Waals surface area (Å²) in [6.45, 7) is 5.73. The summed E-state index contributed by atoms with van der Waals surface area (Å²) in [6.07, 6.45) is -3.45. The third-order valence-electron chi connectivity index (χ3n) is 9.14. The van der Waals surface area contributed by atoms with Gasteiger partial charge in [0.25, 0.3) is 12.3 Å². The topological polar surface area (TPSA) is 110 Å². The fourth-order valence-corrected chi connectivity index (χ4v) is 8.05. The summed E-state index contributed by atoms with van der Waals surface area (Å²) in [5.74, 6) is -1.62. The number of alkyl halides is 5. The minimum atomic E-state index is -3.57. The molecule has 3 heterocycles. The molecule has 3 N–H and O–H groups in total. The number of nitrogens with one attached hydrogen (secondary N) is 2. The van der Waals surface area contributed by atoms with Gasteiger partial charge in [0.15, 0.2) is 5.82 Å². The van der Waals surface area contributed by atoms with Crippen molar-refractivity contribution in [1.29, 1.82) is 0 Å². The van der Waals surface area contributed by atoms with E-state index in [4.69, 9.17) is 16.6 Å². The smallest absolute Gasteiger partial charge is 0.293 e. The average Bonchev–Trinajstić information content (AvgIpc) is 3.69. The van der Waals surface area contributed by atoms with Crippen molar-refractivity contribution in [2.75, 3.05) is 11.9 Å². The second-order valence-electron chi connectivity index (χ2n) is 13.8. The summed E-state index contributed by atoms with van der Waals surface area (Å²) in [7, 11) is 1.71. The lowest BCUT2D eigenvalue weighted by Gasteiger charge is -2.23. The van der Waals surface area contributed by atoms with Crippen LogP contribution in [0.25, 0.3) is 22.0 Å². The predicted octanol–water partition coefficient (Wildman–Crippen LogP) is 8.57. The highest BCUT2D eigenvalue weighted by atomic mass is 127. The van der Waals surface area contributed by atoms with Crippen LogP contribution in [-0.2, 0) is 30.7 Å². The van der Waals surface area contributed by atoms with E-state index in [0.717, 1.165) is 12.1 Å². The Balaban J connectivity index is 1.53. The summed E-state index contributed by atoms with van der Waals surface area (Å²) < 4.78 is 89.7. The molecule has 0 unspecified atom stereocenters. The van der Waals surface area contributed by atoms with Gasteiger partial charge in [-0.05, 0) is 69.0 Å². The molecule has 9 nitrogen and oxygen atoms in total. The summed E-state index contributed by atoms with van der Waals surface area (Å²) >= 11 is 8.36. The first kappa shape index (κ1) is 40.3. The molecule has 0 saturated carbocycles. The van der Waals surface area contributed by atoms with Crippen LogP contribution in [0.15, 0.2) is 42.5 Å². The van der Waals surface area contributed by atoms with Crippen molar-refractivity contribution in [2.45, 2.75) is 68.6 Å². The Labute approximate surface area is 331 Å². The van der Waals surface area contributed by atoms with Gasteiger partial charge in [0.05, 0.1) is 27.7 Å². The Morgan fingerprint density at radius 2 is 1.76 bits per heavy atom. The number of rotatable bonds is 10. The molecule has 1 aliphatic carbocycles. The van der Waals surface area contributed by atoms with Crippen LogP contribution in [0.2, 0.25) is 5.02 Å². The maximum atomic E-state index is 15.6. The molecule has 17 heteroatoms. The molecule has 1 aliphatic rings. The van der Waals surface area contributed by atoms with Gasteiger partial charge in [-0.2, -0.15) is 19.0 Å². The molecule has 1 amide bonds. The molecular formula is C38H35ClF6IN7O2. The van der Waals surface area contributed by atoms with Crippen LogP contribution in [0.3, 0.4) is 0 Å². The first-order valence-electron chi connectivity index (χ1n) is 17.1. The third kappa shape index (κ3) is 8.01. The van der Waals surface area contributed by atoms with Gasteiger partial charge in [0.2, 0.25) is 5.91 Å². The molecule has 0 aliphatic heterocycles. The second-order valence-corrected chi connectivity index (χ2v) is 15.5. The van der Waals surface area contributed by atoms with Gasteiger partial charge in [-0.15, -0.1) is 0 Å². The number of anilines is 1. The van der Waals surface area contributed by atoms with E-state index in [1.54, 1.807) is 58.6 Å². The second kappa shape index (κ2) is 15.3. The molecule has 290 valence electrons. The van der Waals surface area contributed by atoms with Gasteiger partial charge < -0.3 is 15.7 Å². The third-order valence-corrected chi connectivity index (χ3v) is 11.2. The summed E-state index contributed by atoms with van der Waals surface area (Å²) in [6, 6.07) is 8.23. The van der Waals surface area contributed by atoms with Gasteiger partial charge in [0.1, 0.15) is 40.9 Å². The SMILES string of the molecule is CCNc1nn(C)c2c(-c3ccc(C#CC(C)(C)O)nc3[C@H](Cc3cc(F)cc(F)c3)NC(=O)Cn3nc(C(F)F)c4c3C(F)(F)[C@H](C)[C@@H]4I)ccc(Cl)c12. The molecule has 0 spiro atoms. The summed E-state index contributed by atoms with van der Waals surface area (Å²) in [4.78, 5) is 18.7. The molecule has 5 aromatic rings. The van der Waals surface area contributed by atoms with Crippen LogP contribution in [0.1, 0.15) is 78.0 Å². The summed E-state index contributed by atoms with van der Waals surface area (Å²) in [5, 5.41) is 25.6. The number of aliphatic hydroxyl groups is 1. The molecule has 3 atom stereocenters. The zero-order valence-electron chi connectivity index (χ0n) is 30.1. The molecule has 2 aromatic carbocycles. The van der Waals surface area contributed by atoms with Gasteiger partial charge >= 0.3 is 0 Å². The zero-order valence-corrected chi connectivity index (χ0v) is 33.0. The lowest BCUT2D eigenvalue weighted by molar-refractivity contribution is -0.123. The molecule has 6 rings (SSSR count). The highest BCUT2D eigenvalue weighted by Gasteiger charge is 2.56. The van der Waals surface area contributed by atoms with Crippen molar-refractivity contribution in [3.63, 3.8) is 0 Å². The number of aromatic nitrogens is 5. The standard InChI is InChI=1S/C38H35ClF6IN7O2/c1-6-47-36-28-25(39)10-9-24(33(28)52(5)51-36)23-8-7-22(11-12-37(3,4)55)48-31(23)26(15-19-13-20(40)16-21(41)14-19)49-27(54)17-53-34-29(32(50-53)35(42)43)30(46)18(2)38(34,44)45/h7-10,13-14,16,18,26,30,35,55H,6,15,17H2,1-5H3,(H,47,51)(H,49,54)/t18-,26+,30+/m1/s1. The van der Waals surface area contributed by atoms with E-state index in [1.165, 1.54) is 20.8 Å². The molecular weight excluding hydrogens is 863 g/mol. The normalized spacial score (nSPS) is 16.9. The highest BCUT2D eigenvalue weighted by molar-refractivity contribution is 14.1. The fourth-order valence-electron chi connectivity index (χ4n) is 6.74. The van der Waals surface area contributed by atoms with Gasteiger partial charge in [-0.25, -0.2) is 22.5 Å². The first-order chi connectivity index (χ1) is 25.8. The minimum absolute atomic E-state index is 0.104. The van der Waals surface area contributed by atoms with Gasteiger partial charge in [-0.1, -0.05) is 53.1 Å². The zero-order chi connectivity index (χ0) is 40.1. The van der Waals surface area contributed by atoms with E-state index in [-0.39, 0.29) is 28.9 Å². The molecule has 0 fully saturated rings. The fraction of sp³-hybridized carbons (Fsp3) is 0.368. The number of carbonyl (C=O) groups excluding carboxylic acids is 1. The number of amides is 1. The lowest BCUT2D eigenvalue weighted by atomic mass is 9.93. The van der Waals surface area contributed by atoms with E-state index >= 15 is 8.78 Å². The van der Waals surface area contributed by atoms with Crippen LogP contribution < -0.4 is 10.6 Å². The van der Waals surface area contributed by atoms with Crippen LogP contribution in [0.5, 0.6) is 0 Å².